The zero-order valence-corrected chi connectivity index (χ0v) is 8.84. The minimum Gasteiger partial charge on any atom is -0.392 e. The van der Waals surface area contributed by atoms with Crippen LogP contribution in [0.3, 0.4) is 0 Å². The van der Waals surface area contributed by atoms with Gasteiger partial charge in [-0.2, -0.15) is 26.3 Å². The number of benzene rings is 1. The largest absolute Gasteiger partial charge is 0.423 e. The van der Waals surface area contributed by atoms with E-state index in [2.05, 4.69) is 0 Å². The van der Waals surface area contributed by atoms with Crippen LogP contribution in [0.4, 0.5) is 32.0 Å². The maximum Gasteiger partial charge on any atom is 0.423 e. The third-order valence-electron chi connectivity index (χ3n) is 2.20. The van der Waals surface area contributed by atoms with Crippen molar-refractivity contribution in [2.45, 2.75) is 19.0 Å². The van der Waals surface area contributed by atoms with E-state index in [4.69, 9.17) is 5.11 Å². The molecule has 0 aromatic heterocycles. The molecule has 0 radical (unpaired) electrons. The molecule has 0 spiro atoms. The van der Waals surface area contributed by atoms with Crippen LogP contribution in [0.15, 0.2) is 12.1 Å². The van der Waals surface area contributed by atoms with Gasteiger partial charge in [0.25, 0.3) is 5.69 Å². The van der Waals surface area contributed by atoms with E-state index in [0.29, 0.717) is 6.07 Å². The lowest BCUT2D eigenvalue weighted by Crippen LogP contribution is -2.21. The van der Waals surface area contributed by atoms with Crippen molar-refractivity contribution in [2.24, 2.45) is 0 Å². The van der Waals surface area contributed by atoms with Crippen LogP contribution in [0.25, 0.3) is 0 Å². The molecular formula is C9H5F6NO3. The van der Waals surface area contributed by atoms with Gasteiger partial charge in [-0.1, -0.05) is 0 Å². The molecule has 4 nitrogen and oxygen atoms in total. The second-order valence-corrected chi connectivity index (χ2v) is 3.40. The molecule has 0 saturated carbocycles. The zero-order valence-electron chi connectivity index (χ0n) is 8.84. The Morgan fingerprint density at radius 3 is 1.84 bits per heavy atom. The van der Waals surface area contributed by atoms with Gasteiger partial charge >= 0.3 is 12.4 Å². The molecule has 0 saturated heterocycles. The Kier molecular flexibility index (Phi) is 3.75. The topological polar surface area (TPSA) is 63.4 Å². The molecule has 0 unspecified atom stereocenters. The van der Waals surface area contributed by atoms with Crippen molar-refractivity contribution in [3.63, 3.8) is 0 Å². The van der Waals surface area contributed by atoms with Gasteiger partial charge in [0.2, 0.25) is 0 Å². The Balaban J connectivity index is 3.83. The second-order valence-electron chi connectivity index (χ2n) is 3.40. The number of rotatable bonds is 2. The maximum atomic E-state index is 12.6. The molecule has 0 amide bonds. The first kappa shape index (κ1) is 15.2. The van der Waals surface area contributed by atoms with Crippen molar-refractivity contribution in [1.82, 2.24) is 0 Å². The lowest BCUT2D eigenvalue weighted by atomic mass is 9.98. The SMILES string of the molecule is O=[N+]([O-])c1ccc(CO)c(C(F)(F)F)c1C(F)(F)F. The highest BCUT2D eigenvalue weighted by atomic mass is 19.4. The number of alkyl halides is 6. The maximum absolute atomic E-state index is 12.6. The molecule has 0 aliphatic rings. The summed E-state index contributed by atoms with van der Waals surface area (Å²) in [5.41, 5.74) is -7.43. The molecule has 1 N–H and O–H groups in total. The summed E-state index contributed by atoms with van der Waals surface area (Å²) in [5, 5.41) is 19.1. The van der Waals surface area contributed by atoms with Gasteiger partial charge in [0.15, 0.2) is 0 Å². The van der Waals surface area contributed by atoms with E-state index < -0.39 is 46.3 Å². The summed E-state index contributed by atoms with van der Waals surface area (Å²) in [7, 11) is 0. The Morgan fingerprint density at radius 1 is 1.05 bits per heavy atom. The van der Waals surface area contributed by atoms with E-state index in [1.54, 1.807) is 0 Å². The molecule has 106 valence electrons. The normalized spacial score (nSPS) is 12.6. The number of hydrogen-bond donors (Lipinski definition) is 1. The molecular weight excluding hydrogens is 284 g/mol. The first-order valence-electron chi connectivity index (χ1n) is 4.55. The fourth-order valence-electron chi connectivity index (χ4n) is 1.53. The number of aliphatic hydroxyl groups is 1. The molecule has 0 aliphatic carbocycles. The van der Waals surface area contributed by atoms with Crippen molar-refractivity contribution in [3.8, 4) is 0 Å². The number of nitro groups is 1. The Morgan fingerprint density at radius 2 is 1.53 bits per heavy atom. The standard InChI is InChI=1S/C9H5F6NO3/c10-8(11,12)6-4(3-17)1-2-5(16(18)19)7(6)9(13,14)15/h1-2,17H,3H2. The van der Waals surface area contributed by atoms with Gasteiger partial charge < -0.3 is 5.11 Å². The van der Waals surface area contributed by atoms with E-state index in [-0.39, 0.29) is 6.07 Å². The molecule has 1 aromatic rings. The van der Waals surface area contributed by atoms with Crippen molar-refractivity contribution >= 4 is 5.69 Å². The number of halogens is 6. The molecule has 0 atom stereocenters. The van der Waals surface area contributed by atoms with Gasteiger partial charge in [0, 0.05) is 6.07 Å². The van der Waals surface area contributed by atoms with E-state index >= 15 is 0 Å². The lowest BCUT2D eigenvalue weighted by molar-refractivity contribution is -0.388. The minimum absolute atomic E-state index is 0.281. The first-order chi connectivity index (χ1) is 8.50. The van der Waals surface area contributed by atoms with Gasteiger partial charge in [-0.25, -0.2) is 0 Å². The van der Waals surface area contributed by atoms with Crippen LogP contribution in [-0.2, 0) is 19.0 Å². The first-order valence-corrected chi connectivity index (χ1v) is 4.55. The predicted octanol–water partition coefficient (Wildman–Crippen LogP) is 3.12. The average molecular weight is 289 g/mol. The minimum atomic E-state index is -5.57. The number of nitro benzene ring substituents is 1. The summed E-state index contributed by atoms with van der Waals surface area (Å²) < 4.78 is 75.8. The van der Waals surface area contributed by atoms with Crippen molar-refractivity contribution < 1.29 is 36.4 Å². The van der Waals surface area contributed by atoms with Crippen LogP contribution in [0.2, 0.25) is 0 Å². The Hall–Kier alpha value is -1.84. The fourth-order valence-corrected chi connectivity index (χ4v) is 1.53. The van der Waals surface area contributed by atoms with Crippen LogP contribution in [0, 0.1) is 10.1 Å². The van der Waals surface area contributed by atoms with Crippen molar-refractivity contribution in [3.05, 3.63) is 38.9 Å². The summed E-state index contributed by atoms with van der Waals surface area (Å²) in [6.45, 7) is -1.32. The third kappa shape index (κ3) is 2.95. The summed E-state index contributed by atoms with van der Waals surface area (Å²) in [6, 6.07) is 0.722. The Bertz CT molecular complexity index is 508. The molecule has 19 heavy (non-hydrogen) atoms. The summed E-state index contributed by atoms with van der Waals surface area (Å²) in [4.78, 5) is 8.87. The van der Waals surface area contributed by atoms with Crippen LogP contribution in [0.1, 0.15) is 16.7 Å². The quantitative estimate of drug-likeness (QED) is 0.517. The monoisotopic (exact) mass is 289 g/mol. The van der Waals surface area contributed by atoms with E-state index in [9.17, 15) is 36.5 Å². The lowest BCUT2D eigenvalue weighted by Gasteiger charge is -2.18. The molecule has 0 heterocycles. The van der Waals surface area contributed by atoms with Gasteiger partial charge in [-0.15, -0.1) is 0 Å². The Labute approximate surface area is 101 Å². The van der Waals surface area contributed by atoms with E-state index in [1.165, 1.54) is 0 Å². The molecule has 0 aliphatic heterocycles. The van der Waals surface area contributed by atoms with Gasteiger partial charge in [0.05, 0.1) is 17.1 Å². The van der Waals surface area contributed by atoms with Crippen molar-refractivity contribution in [2.75, 3.05) is 0 Å². The number of hydrogen-bond acceptors (Lipinski definition) is 3. The van der Waals surface area contributed by atoms with Crippen LogP contribution < -0.4 is 0 Å². The summed E-state index contributed by atoms with van der Waals surface area (Å²) in [6.07, 6.45) is -11.0. The van der Waals surface area contributed by atoms with Gasteiger partial charge in [-0.3, -0.25) is 10.1 Å². The molecule has 0 fully saturated rings. The zero-order chi connectivity index (χ0) is 15.0. The third-order valence-corrected chi connectivity index (χ3v) is 2.20. The van der Waals surface area contributed by atoms with E-state index in [1.807, 2.05) is 0 Å². The fraction of sp³-hybridized carbons (Fsp3) is 0.333. The predicted molar refractivity (Wildman–Crippen MR) is 49.0 cm³/mol. The van der Waals surface area contributed by atoms with Crippen LogP contribution in [-0.4, -0.2) is 10.0 Å². The van der Waals surface area contributed by atoms with Crippen molar-refractivity contribution in [1.29, 1.82) is 0 Å². The highest BCUT2D eigenvalue weighted by Crippen LogP contribution is 2.46. The molecule has 1 rings (SSSR count). The van der Waals surface area contributed by atoms with E-state index in [0.717, 1.165) is 0 Å². The smallest absolute Gasteiger partial charge is 0.392 e. The average Bonchev–Trinajstić information content (AvgIpc) is 2.24. The summed E-state index contributed by atoms with van der Waals surface area (Å²) in [5.74, 6) is 0. The summed E-state index contributed by atoms with van der Waals surface area (Å²) >= 11 is 0. The highest BCUT2D eigenvalue weighted by Gasteiger charge is 2.49. The molecule has 1 aromatic carbocycles. The van der Waals surface area contributed by atoms with Gasteiger partial charge in [0.1, 0.15) is 5.56 Å². The molecule has 0 bridgehead atoms. The second kappa shape index (κ2) is 4.68. The number of nitrogens with zero attached hydrogens (tertiary/aromatic N) is 1. The van der Waals surface area contributed by atoms with Crippen LogP contribution in [0.5, 0.6) is 0 Å². The molecule has 10 heteroatoms. The van der Waals surface area contributed by atoms with Crippen LogP contribution >= 0.6 is 0 Å². The number of aliphatic hydroxyl groups excluding tert-OH is 1. The van der Waals surface area contributed by atoms with Gasteiger partial charge in [-0.05, 0) is 11.6 Å². The highest BCUT2D eigenvalue weighted by molar-refractivity contribution is 5.52.